The Morgan fingerprint density at radius 2 is 2.28 bits per heavy atom. The monoisotopic (exact) mass is 340 g/mol. The molecule has 3 aromatic rings. The molecule has 0 aliphatic carbocycles. The quantitative estimate of drug-likeness (QED) is 0.788. The SMILES string of the molecule is Cc1nnc2ccc(C(=O)N3CCCC3CC(O)c3ccco3)cn12. The van der Waals surface area contributed by atoms with Gasteiger partial charge in [-0.05, 0) is 44.0 Å². The molecule has 130 valence electrons. The highest BCUT2D eigenvalue weighted by Gasteiger charge is 2.32. The average Bonchev–Trinajstić information content (AvgIpc) is 3.35. The van der Waals surface area contributed by atoms with Gasteiger partial charge in [-0.1, -0.05) is 0 Å². The second-order valence-electron chi connectivity index (χ2n) is 6.45. The predicted molar refractivity (Wildman–Crippen MR) is 90.1 cm³/mol. The van der Waals surface area contributed by atoms with Gasteiger partial charge in [-0.2, -0.15) is 0 Å². The number of rotatable bonds is 4. The van der Waals surface area contributed by atoms with Crippen molar-refractivity contribution in [2.24, 2.45) is 0 Å². The number of carbonyl (C=O) groups is 1. The number of aromatic nitrogens is 3. The Labute approximate surface area is 144 Å². The average molecular weight is 340 g/mol. The standard InChI is InChI=1S/C18H20N4O3/c1-12-19-20-17-7-6-13(11-22(12)17)18(24)21-8-2-4-14(21)10-15(23)16-5-3-9-25-16/h3,5-7,9,11,14-15,23H,2,4,8,10H2,1H3. The van der Waals surface area contributed by atoms with Crippen molar-refractivity contribution in [3.63, 3.8) is 0 Å². The van der Waals surface area contributed by atoms with Crippen LogP contribution in [-0.4, -0.2) is 43.1 Å². The molecule has 3 aromatic heterocycles. The van der Waals surface area contributed by atoms with E-state index >= 15 is 0 Å². The molecule has 1 saturated heterocycles. The summed E-state index contributed by atoms with van der Waals surface area (Å²) in [5.74, 6) is 1.26. The van der Waals surface area contributed by atoms with E-state index in [4.69, 9.17) is 4.42 Å². The van der Waals surface area contributed by atoms with Gasteiger partial charge in [0.05, 0.1) is 11.8 Å². The number of nitrogens with zero attached hydrogens (tertiary/aromatic N) is 4. The van der Waals surface area contributed by atoms with Gasteiger partial charge in [0, 0.05) is 25.2 Å². The molecule has 1 aliphatic rings. The second-order valence-corrected chi connectivity index (χ2v) is 6.45. The Hall–Kier alpha value is -2.67. The molecule has 1 fully saturated rings. The van der Waals surface area contributed by atoms with Crippen LogP contribution in [0.1, 0.15) is 47.3 Å². The highest BCUT2D eigenvalue weighted by atomic mass is 16.4. The first-order valence-electron chi connectivity index (χ1n) is 8.47. The lowest BCUT2D eigenvalue weighted by Gasteiger charge is -2.26. The van der Waals surface area contributed by atoms with E-state index in [1.54, 1.807) is 36.7 Å². The molecule has 0 aromatic carbocycles. The van der Waals surface area contributed by atoms with Crippen LogP contribution in [-0.2, 0) is 0 Å². The second kappa shape index (κ2) is 6.33. The van der Waals surface area contributed by atoms with E-state index in [2.05, 4.69) is 10.2 Å². The molecule has 7 heteroatoms. The maximum Gasteiger partial charge on any atom is 0.255 e. The summed E-state index contributed by atoms with van der Waals surface area (Å²) < 4.78 is 7.08. The summed E-state index contributed by atoms with van der Waals surface area (Å²) in [7, 11) is 0. The van der Waals surface area contributed by atoms with Crippen LogP contribution in [0, 0.1) is 6.92 Å². The summed E-state index contributed by atoms with van der Waals surface area (Å²) >= 11 is 0. The van der Waals surface area contributed by atoms with E-state index in [1.807, 2.05) is 16.2 Å². The van der Waals surface area contributed by atoms with Gasteiger partial charge in [-0.15, -0.1) is 10.2 Å². The molecule has 2 unspecified atom stereocenters. The van der Waals surface area contributed by atoms with E-state index in [-0.39, 0.29) is 11.9 Å². The van der Waals surface area contributed by atoms with Gasteiger partial charge >= 0.3 is 0 Å². The van der Waals surface area contributed by atoms with Gasteiger partial charge in [0.1, 0.15) is 17.7 Å². The maximum absolute atomic E-state index is 13.0. The lowest BCUT2D eigenvalue weighted by Crippen LogP contribution is -2.36. The van der Waals surface area contributed by atoms with Crippen molar-refractivity contribution in [3.8, 4) is 0 Å². The third-order valence-electron chi connectivity index (χ3n) is 4.82. The number of pyridine rings is 1. The molecule has 0 saturated carbocycles. The number of furan rings is 1. The minimum atomic E-state index is -0.698. The fourth-order valence-corrected chi connectivity index (χ4v) is 3.50. The molecule has 4 heterocycles. The van der Waals surface area contributed by atoms with Crippen molar-refractivity contribution < 1.29 is 14.3 Å². The molecule has 1 amide bonds. The Kier molecular flexibility index (Phi) is 4.01. The van der Waals surface area contributed by atoms with Gasteiger partial charge < -0.3 is 14.4 Å². The van der Waals surface area contributed by atoms with Crippen molar-refractivity contribution in [1.82, 2.24) is 19.5 Å². The van der Waals surface area contributed by atoms with E-state index in [0.717, 1.165) is 24.3 Å². The van der Waals surface area contributed by atoms with Crippen LogP contribution in [0.2, 0.25) is 0 Å². The third kappa shape index (κ3) is 2.91. The molecule has 2 atom stereocenters. The smallest absolute Gasteiger partial charge is 0.255 e. The van der Waals surface area contributed by atoms with E-state index in [0.29, 0.717) is 24.3 Å². The Morgan fingerprint density at radius 3 is 3.08 bits per heavy atom. The molecule has 0 radical (unpaired) electrons. The first-order valence-corrected chi connectivity index (χ1v) is 8.47. The topological polar surface area (TPSA) is 83.9 Å². The van der Waals surface area contributed by atoms with Crippen LogP contribution >= 0.6 is 0 Å². The summed E-state index contributed by atoms with van der Waals surface area (Å²) in [4.78, 5) is 14.8. The minimum Gasteiger partial charge on any atom is -0.467 e. The van der Waals surface area contributed by atoms with Crippen molar-refractivity contribution in [1.29, 1.82) is 0 Å². The van der Waals surface area contributed by atoms with Crippen molar-refractivity contribution in [2.45, 2.75) is 38.3 Å². The van der Waals surface area contributed by atoms with E-state index < -0.39 is 6.10 Å². The number of fused-ring (bicyclic) bond motifs is 1. The third-order valence-corrected chi connectivity index (χ3v) is 4.82. The molecule has 4 rings (SSSR count). The lowest BCUT2D eigenvalue weighted by atomic mass is 10.0. The van der Waals surface area contributed by atoms with Gasteiger partial charge in [0.25, 0.3) is 5.91 Å². The normalized spacial score (nSPS) is 18.8. The van der Waals surface area contributed by atoms with Crippen molar-refractivity contribution in [3.05, 3.63) is 53.9 Å². The summed E-state index contributed by atoms with van der Waals surface area (Å²) in [5, 5.41) is 18.4. The van der Waals surface area contributed by atoms with E-state index in [1.165, 1.54) is 0 Å². The van der Waals surface area contributed by atoms with Gasteiger partial charge in [-0.25, -0.2) is 0 Å². The van der Waals surface area contributed by atoms with Gasteiger partial charge in [-0.3, -0.25) is 9.20 Å². The van der Waals surface area contributed by atoms with E-state index in [9.17, 15) is 9.90 Å². The summed E-state index contributed by atoms with van der Waals surface area (Å²) in [6.07, 6.45) is 4.94. The molecular formula is C18H20N4O3. The lowest BCUT2D eigenvalue weighted by molar-refractivity contribution is 0.0641. The van der Waals surface area contributed by atoms with Crippen LogP contribution in [0.5, 0.6) is 0 Å². The molecule has 25 heavy (non-hydrogen) atoms. The summed E-state index contributed by atoms with van der Waals surface area (Å²) in [5.41, 5.74) is 1.33. The van der Waals surface area contributed by atoms with Crippen LogP contribution in [0.4, 0.5) is 0 Å². The molecule has 0 spiro atoms. The number of likely N-dealkylation sites (tertiary alicyclic amines) is 1. The minimum absolute atomic E-state index is 0.00491. The van der Waals surface area contributed by atoms with Gasteiger partial charge in [0.15, 0.2) is 5.65 Å². The molecule has 7 nitrogen and oxygen atoms in total. The highest BCUT2D eigenvalue weighted by molar-refractivity contribution is 5.94. The van der Waals surface area contributed by atoms with Crippen LogP contribution in [0.25, 0.3) is 5.65 Å². The molecule has 1 N–H and O–H groups in total. The first kappa shape index (κ1) is 15.8. The maximum atomic E-state index is 13.0. The number of carbonyl (C=O) groups excluding carboxylic acids is 1. The zero-order valence-electron chi connectivity index (χ0n) is 14.0. The Bertz CT molecular complexity index is 887. The zero-order chi connectivity index (χ0) is 17.4. The number of hydrogen-bond donors (Lipinski definition) is 1. The summed E-state index contributed by atoms with van der Waals surface area (Å²) in [6.45, 7) is 2.56. The van der Waals surface area contributed by atoms with Crippen molar-refractivity contribution >= 4 is 11.6 Å². The number of amides is 1. The Balaban J connectivity index is 1.54. The van der Waals surface area contributed by atoms with Crippen LogP contribution < -0.4 is 0 Å². The number of hydrogen-bond acceptors (Lipinski definition) is 5. The fraction of sp³-hybridized carbons (Fsp3) is 0.389. The van der Waals surface area contributed by atoms with Gasteiger partial charge in [0.2, 0.25) is 0 Å². The predicted octanol–water partition coefficient (Wildman–Crippen LogP) is 2.36. The summed E-state index contributed by atoms with van der Waals surface area (Å²) in [6, 6.07) is 7.10. The number of aliphatic hydroxyl groups excluding tert-OH is 1. The van der Waals surface area contributed by atoms with Crippen LogP contribution in [0.3, 0.4) is 0 Å². The molecule has 1 aliphatic heterocycles. The van der Waals surface area contributed by atoms with Crippen LogP contribution in [0.15, 0.2) is 41.1 Å². The fourth-order valence-electron chi connectivity index (χ4n) is 3.50. The first-order chi connectivity index (χ1) is 12.1. The van der Waals surface area contributed by atoms with Crippen molar-refractivity contribution in [2.75, 3.05) is 6.54 Å². The molecular weight excluding hydrogens is 320 g/mol. The number of aryl methyl sites for hydroxylation is 1. The largest absolute Gasteiger partial charge is 0.467 e. The number of aliphatic hydroxyl groups is 1. The highest BCUT2D eigenvalue weighted by Crippen LogP contribution is 2.28. The Morgan fingerprint density at radius 1 is 1.40 bits per heavy atom. The molecule has 0 bridgehead atoms. The zero-order valence-corrected chi connectivity index (χ0v) is 14.0.